The van der Waals surface area contributed by atoms with Gasteiger partial charge in [-0.1, -0.05) is 17.7 Å². The largest absolute Gasteiger partial charge is 1.00 e. The summed E-state index contributed by atoms with van der Waals surface area (Å²) in [5.74, 6) is -0.0246. The Morgan fingerprint density at radius 2 is 1.79 bits per heavy atom. The van der Waals surface area contributed by atoms with Gasteiger partial charge in [-0.3, -0.25) is 10.1 Å². The zero-order chi connectivity index (χ0) is 17.2. The van der Waals surface area contributed by atoms with Crippen molar-refractivity contribution in [3.05, 3.63) is 47.5 Å². The Kier molecular flexibility index (Phi) is 6.53. The molecule has 0 saturated heterocycles. The third-order valence-electron chi connectivity index (χ3n) is 3.07. The van der Waals surface area contributed by atoms with Crippen LogP contribution < -0.4 is 22.9 Å². The van der Waals surface area contributed by atoms with Crippen molar-refractivity contribution in [1.29, 1.82) is 5.41 Å². The normalized spacial score (nSPS) is 10.8. The summed E-state index contributed by atoms with van der Waals surface area (Å²) in [5.41, 5.74) is 7.07. The van der Waals surface area contributed by atoms with E-state index >= 15 is 0 Å². The Labute approximate surface area is 151 Å². The Bertz CT molecular complexity index is 853. The molecule has 0 saturated carbocycles. The molecular weight excluding hydrogens is 370 g/mol. The minimum absolute atomic E-state index is 0. The number of hydrogen-bond acceptors (Lipinski definition) is 5. The number of benzene rings is 2. The lowest BCUT2D eigenvalue weighted by atomic mass is 10.2. The number of sulfonamides is 1. The second-order valence-corrected chi connectivity index (χ2v) is 7.79. The third kappa shape index (κ3) is 4.80. The molecule has 0 spiro atoms. The van der Waals surface area contributed by atoms with Crippen LogP contribution in [0.4, 0.5) is 5.69 Å². The number of aryl methyl sites for hydroxylation is 2. The molecule has 130 valence electrons. The lowest BCUT2D eigenvalue weighted by molar-refractivity contribution is -0.00000848. The summed E-state index contributed by atoms with van der Waals surface area (Å²) in [5, 5.41) is 17.1. The molecule has 0 aliphatic rings. The van der Waals surface area contributed by atoms with Gasteiger partial charge in [0.05, 0.1) is 15.5 Å². The fourth-order valence-electron chi connectivity index (χ4n) is 1.93. The fourth-order valence-corrected chi connectivity index (χ4v) is 3.65. The molecule has 0 aromatic heterocycles. The Morgan fingerprint density at radius 3 is 2.33 bits per heavy atom. The topological polar surface area (TPSA) is 116 Å². The molecule has 2 aromatic carbocycles. The quantitative estimate of drug-likeness (QED) is 0.251. The molecule has 5 N–H and O–H groups in total. The highest BCUT2D eigenvalue weighted by Crippen LogP contribution is 2.34. The lowest BCUT2D eigenvalue weighted by Crippen LogP contribution is -3.00. The monoisotopic (exact) mass is 386 g/mol. The van der Waals surface area contributed by atoms with Crippen LogP contribution in [0.1, 0.15) is 11.1 Å². The molecule has 0 aliphatic heterocycles. The molecule has 9 heteroatoms. The number of aromatic hydroxyl groups is 1. The van der Waals surface area contributed by atoms with Crippen LogP contribution in [0.15, 0.2) is 46.2 Å². The van der Waals surface area contributed by atoms with Gasteiger partial charge in [-0.25, -0.2) is 8.42 Å². The second-order valence-electron chi connectivity index (χ2n) is 5.02. The first-order valence-electron chi connectivity index (χ1n) is 6.64. The van der Waals surface area contributed by atoms with Crippen LogP contribution in [-0.4, -0.2) is 18.7 Å². The summed E-state index contributed by atoms with van der Waals surface area (Å²) in [4.78, 5) is 0.466. The second kappa shape index (κ2) is 7.78. The van der Waals surface area contributed by atoms with Crippen LogP contribution in [0.25, 0.3) is 0 Å². The molecular formula is C15H17ClN3O3S2-. The molecule has 0 fully saturated rings. The summed E-state index contributed by atoms with van der Waals surface area (Å²) in [6.07, 6.45) is 0. The predicted octanol–water partition coefficient (Wildman–Crippen LogP) is -0.201. The first kappa shape index (κ1) is 20.1. The number of hydrogen-bond donors (Lipinski definition) is 4. The number of phenols is 1. The first-order chi connectivity index (χ1) is 10.7. The van der Waals surface area contributed by atoms with Crippen molar-refractivity contribution in [2.75, 3.05) is 4.72 Å². The van der Waals surface area contributed by atoms with Crippen LogP contribution >= 0.6 is 11.8 Å². The SMILES string of the molecule is Cc1ccc(S(=O)(=O)Nc2cc(C)c(O)c(SC(=N)N)c2)cc1.[Cl-]. The van der Waals surface area contributed by atoms with E-state index in [0.717, 1.165) is 17.3 Å². The van der Waals surface area contributed by atoms with E-state index in [0.29, 0.717) is 16.1 Å². The van der Waals surface area contributed by atoms with Gasteiger partial charge in [0.2, 0.25) is 0 Å². The molecule has 2 aromatic rings. The molecule has 0 unspecified atom stereocenters. The third-order valence-corrected chi connectivity index (χ3v) is 5.22. The predicted molar refractivity (Wildman–Crippen MR) is 92.6 cm³/mol. The van der Waals surface area contributed by atoms with E-state index < -0.39 is 10.0 Å². The summed E-state index contributed by atoms with van der Waals surface area (Å²) in [7, 11) is -3.73. The Morgan fingerprint density at radius 1 is 1.21 bits per heavy atom. The van der Waals surface area contributed by atoms with Crippen LogP contribution in [0.2, 0.25) is 0 Å². The molecule has 0 aliphatic carbocycles. The maximum Gasteiger partial charge on any atom is 0.261 e. The van der Waals surface area contributed by atoms with E-state index in [1.165, 1.54) is 24.3 Å². The molecule has 0 amide bonds. The molecule has 0 heterocycles. The maximum absolute atomic E-state index is 12.4. The highest BCUT2D eigenvalue weighted by molar-refractivity contribution is 8.13. The molecule has 2 rings (SSSR count). The van der Waals surface area contributed by atoms with E-state index in [-0.39, 0.29) is 28.2 Å². The van der Waals surface area contributed by atoms with Crippen molar-refractivity contribution >= 4 is 32.6 Å². The van der Waals surface area contributed by atoms with Crippen LogP contribution in [0, 0.1) is 19.3 Å². The molecule has 0 atom stereocenters. The average molecular weight is 387 g/mol. The number of rotatable bonds is 4. The van der Waals surface area contributed by atoms with Gasteiger partial charge < -0.3 is 23.2 Å². The van der Waals surface area contributed by atoms with Gasteiger partial charge in [-0.2, -0.15) is 0 Å². The van der Waals surface area contributed by atoms with Gasteiger partial charge in [-0.05, 0) is 55.4 Å². The van der Waals surface area contributed by atoms with Crippen LogP contribution in [-0.2, 0) is 10.0 Å². The average Bonchev–Trinajstić information content (AvgIpc) is 2.43. The van der Waals surface area contributed by atoms with Crippen molar-refractivity contribution in [1.82, 2.24) is 0 Å². The van der Waals surface area contributed by atoms with Crippen molar-refractivity contribution in [2.24, 2.45) is 5.73 Å². The van der Waals surface area contributed by atoms with Gasteiger partial charge in [-0.15, -0.1) is 0 Å². The van der Waals surface area contributed by atoms with Crippen molar-refractivity contribution in [3.8, 4) is 5.75 Å². The number of nitrogens with two attached hydrogens (primary N) is 1. The molecule has 6 nitrogen and oxygen atoms in total. The number of phenolic OH excluding ortho intramolecular Hbond substituents is 1. The highest BCUT2D eigenvalue weighted by Gasteiger charge is 2.16. The van der Waals surface area contributed by atoms with Crippen LogP contribution in [0.3, 0.4) is 0 Å². The highest BCUT2D eigenvalue weighted by atomic mass is 35.5. The van der Waals surface area contributed by atoms with Gasteiger partial charge >= 0.3 is 0 Å². The van der Waals surface area contributed by atoms with Crippen LogP contribution in [0.5, 0.6) is 5.75 Å². The number of thioether (sulfide) groups is 1. The van der Waals surface area contributed by atoms with E-state index in [9.17, 15) is 13.5 Å². The summed E-state index contributed by atoms with van der Waals surface area (Å²) < 4.78 is 27.3. The fraction of sp³-hybridized carbons (Fsp3) is 0.133. The van der Waals surface area contributed by atoms with E-state index in [2.05, 4.69) is 4.72 Å². The number of nitrogens with one attached hydrogen (secondary N) is 2. The van der Waals surface area contributed by atoms with E-state index in [1.807, 2.05) is 6.92 Å². The van der Waals surface area contributed by atoms with Gasteiger partial charge in [0.15, 0.2) is 5.17 Å². The number of anilines is 1. The maximum atomic E-state index is 12.4. The Hall–Kier alpha value is -1.90. The lowest BCUT2D eigenvalue weighted by Gasteiger charge is -2.12. The Balaban J connectivity index is 0.00000288. The standard InChI is InChI=1S/C15H17N3O3S2.ClH/c1-9-3-5-12(6-4-9)23(20,21)18-11-7-10(2)14(19)13(8-11)22-15(16)17;/h3-8,18-19H,1-2H3,(H3,16,17);1H/p-1. The van der Waals surface area contributed by atoms with Crippen molar-refractivity contribution < 1.29 is 25.9 Å². The van der Waals surface area contributed by atoms with Gasteiger partial charge in [0.1, 0.15) is 5.75 Å². The van der Waals surface area contributed by atoms with Gasteiger partial charge in [0, 0.05) is 0 Å². The molecule has 24 heavy (non-hydrogen) atoms. The summed E-state index contributed by atoms with van der Waals surface area (Å²) >= 11 is 0.853. The zero-order valence-electron chi connectivity index (χ0n) is 13.0. The minimum Gasteiger partial charge on any atom is -1.00 e. The van der Waals surface area contributed by atoms with E-state index in [4.69, 9.17) is 11.1 Å². The van der Waals surface area contributed by atoms with Gasteiger partial charge in [0.25, 0.3) is 10.0 Å². The zero-order valence-corrected chi connectivity index (χ0v) is 15.4. The van der Waals surface area contributed by atoms with Crippen molar-refractivity contribution in [2.45, 2.75) is 23.6 Å². The smallest absolute Gasteiger partial charge is 0.261 e. The number of halogens is 1. The summed E-state index contributed by atoms with van der Waals surface area (Å²) in [6, 6.07) is 9.44. The van der Waals surface area contributed by atoms with E-state index in [1.54, 1.807) is 19.1 Å². The summed E-state index contributed by atoms with van der Waals surface area (Å²) in [6.45, 7) is 3.52. The minimum atomic E-state index is -3.73. The number of amidine groups is 1. The molecule has 0 bridgehead atoms. The molecule has 0 radical (unpaired) electrons. The van der Waals surface area contributed by atoms with Crippen molar-refractivity contribution in [3.63, 3.8) is 0 Å². The first-order valence-corrected chi connectivity index (χ1v) is 8.94.